The Morgan fingerprint density at radius 3 is 2.64 bits per heavy atom. The van der Waals surface area contributed by atoms with Gasteiger partial charge in [0.2, 0.25) is 0 Å². The quantitative estimate of drug-likeness (QED) is 0.797. The van der Waals surface area contributed by atoms with Gasteiger partial charge in [-0.2, -0.15) is 5.10 Å². The molecule has 0 aliphatic rings. The Morgan fingerprint density at radius 2 is 2.29 bits per heavy atom. The first-order chi connectivity index (χ1) is 6.56. The van der Waals surface area contributed by atoms with Crippen molar-refractivity contribution >= 4 is 5.97 Å². The van der Waals surface area contributed by atoms with E-state index in [1.165, 1.54) is 0 Å². The number of carbonyl (C=O) groups is 1. The monoisotopic (exact) mass is 196 g/mol. The fraction of sp³-hybridized carbons (Fsp3) is 0.600. The van der Waals surface area contributed by atoms with Crippen molar-refractivity contribution in [3.8, 4) is 0 Å². The molecule has 4 nitrogen and oxygen atoms in total. The lowest BCUT2D eigenvalue weighted by molar-refractivity contribution is -0.140. The van der Waals surface area contributed by atoms with E-state index >= 15 is 0 Å². The van der Waals surface area contributed by atoms with Crippen molar-refractivity contribution < 1.29 is 9.90 Å². The van der Waals surface area contributed by atoms with Crippen LogP contribution in [0.4, 0.5) is 0 Å². The molecule has 1 heterocycles. The number of aryl methyl sites for hydroxylation is 1. The zero-order valence-electron chi connectivity index (χ0n) is 8.77. The molecule has 1 unspecified atom stereocenters. The van der Waals surface area contributed by atoms with Crippen LogP contribution < -0.4 is 0 Å². The van der Waals surface area contributed by atoms with Gasteiger partial charge in [0.25, 0.3) is 0 Å². The second kappa shape index (κ2) is 4.26. The number of hydrogen-bond donors (Lipinski definition) is 1. The average molecular weight is 196 g/mol. The van der Waals surface area contributed by atoms with E-state index in [2.05, 4.69) is 5.10 Å². The molecule has 0 radical (unpaired) electrons. The normalized spacial score (nSPS) is 13.1. The zero-order valence-corrected chi connectivity index (χ0v) is 8.77. The van der Waals surface area contributed by atoms with E-state index in [1.54, 1.807) is 10.7 Å². The maximum absolute atomic E-state index is 11.0. The van der Waals surface area contributed by atoms with Gasteiger partial charge >= 0.3 is 5.97 Å². The van der Waals surface area contributed by atoms with Crippen LogP contribution in [0, 0.1) is 5.92 Å². The topological polar surface area (TPSA) is 55.1 Å². The molecular formula is C10H16N2O2. The molecule has 0 aliphatic heterocycles. The van der Waals surface area contributed by atoms with Gasteiger partial charge in [0.05, 0.1) is 5.69 Å². The third-order valence-electron chi connectivity index (χ3n) is 2.24. The third-order valence-corrected chi connectivity index (χ3v) is 2.24. The number of rotatable bonds is 4. The first-order valence-electron chi connectivity index (χ1n) is 4.82. The molecule has 0 aliphatic carbocycles. The molecule has 0 bridgehead atoms. The van der Waals surface area contributed by atoms with Gasteiger partial charge in [0.15, 0.2) is 0 Å². The Morgan fingerprint density at radius 1 is 1.64 bits per heavy atom. The molecule has 0 saturated carbocycles. The molecule has 1 aromatic rings. The molecule has 1 rings (SSSR count). The van der Waals surface area contributed by atoms with Crippen LogP contribution in [0.5, 0.6) is 0 Å². The van der Waals surface area contributed by atoms with Gasteiger partial charge < -0.3 is 5.11 Å². The highest BCUT2D eigenvalue weighted by atomic mass is 16.4. The SMILES string of the molecule is CCn1ccc(C(C(=O)O)C(C)C)n1. The molecule has 4 heteroatoms. The fourth-order valence-electron chi connectivity index (χ4n) is 1.47. The second-order valence-electron chi connectivity index (χ2n) is 3.66. The molecule has 0 aromatic carbocycles. The number of aromatic nitrogens is 2. The minimum absolute atomic E-state index is 0.0627. The fourth-order valence-corrected chi connectivity index (χ4v) is 1.47. The summed E-state index contributed by atoms with van der Waals surface area (Å²) in [5.74, 6) is -1.24. The van der Waals surface area contributed by atoms with Crippen LogP contribution >= 0.6 is 0 Å². The van der Waals surface area contributed by atoms with E-state index in [4.69, 9.17) is 5.11 Å². The molecule has 0 fully saturated rings. The van der Waals surface area contributed by atoms with Gasteiger partial charge in [-0.3, -0.25) is 9.48 Å². The summed E-state index contributed by atoms with van der Waals surface area (Å²) in [5, 5.41) is 13.2. The van der Waals surface area contributed by atoms with Crippen molar-refractivity contribution in [1.82, 2.24) is 9.78 Å². The van der Waals surface area contributed by atoms with Crippen LogP contribution in [-0.4, -0.2) is 20.9 Å². The molecule has 0 saturated heterocycles. The summed E-state index contributed by atoms with van der Waals surface area (Å²) in [7, 11) is 0. The van der Waals surface area contributed by atoms with E-state index in [1.807, 2.05) is 27.0 Å². The molecule has 78 valence electrons. The van der Waals surface area contributed by atoms with Crippen LogP contribution in [0.3, 0.4) is 0 Å². The summed E-state index contributed by atoms with van der Waals surface area (Å²) in [6.07, 6.45) is 1.81. The van der Waals surface area contributed by atoms with Gasteiger partial charge in [0, 0.05) is 12.7 Å². The van der Waals surface area contributed by atoms with Crippen molar-refractivity contribution in [1.29, 1.82) is 0 Å². The Labute approximate surface area is 83.5 Å². The van der Waals surface area contributed by atoms with Crippen LogP contribution in [0.25, 0.3) is 0 Å². The summed E-state index contributed by atoms with van der Waals surface area (Å²) in [6, 6.07) is 1.78. The predicted octanol–water partition coefficient (Wildman–Crippen LogP) is 1.73. The van der Waals surface area contributed by atoms with Crippen molar-refractivity contribution in [3.63, 3.8) is 0 Å². The predicted molar refractivity (Wildman–Crippen MR) is 53.1 cm³/mol. The first kappa shape index (κ1) is 10.8. The Hall–Kier alpha value is -1.32. The minimum atomic E-state index is -0.804. The summed E-state index contributed by atoms with van der Waals surface area (Å²) >= 11 is 0. The van der Waals surface area contributed by atoms with Crippen molar-refractivity contribution in [3.05, 3.63) is 18.0 Å². The van der Waals surface area contributed by atoms with Crippen molar-refractivity contribution in [2.45, 2.75) is 33.2 Å². The number of carboxylic acid groups (broad SMARTS) is 1. The molecular weight excluding hydrogens is 180 g/mol. The molecule has 14 heavy (non-hydrogen) atoms. The second-order valence-corrected chi connectivity index (χ2v) is 3.66. The average Bonchev–Trinajstić information content (AvgIpc) is 2.51. The number of nitrogens with zero attached hydrogens (tertiary/aromatic N) is 2. The zero-order chi connectivity index (χ0) is 10.7. The van der Waals surface area contributed by atoms with E-state index < -0.39 is 11.9 Å². The standard InChI is InChI=1S/C10H16N2O2/c1-4-12-6-5-8(11-12)9(7(2)3)10(13)14/h5-7,9H,4H2,1-3H3,(H,13,14). The Kier molecular flexibility index (Phi) is 3.28. The lowest BCUT2D eigenvalue weighted by Gasteiger charge is -2.13. The first-order valence-corrected chi connectivity index (χ1v) is 4.82. The van der Waals surface area contributed by atoms with Crippen molar-refractivity contribution in [2.24, 2.45) is 5.92 Å². The molecule has 0 amide bonds. The van der Waals surface area contributed by atoms with Gasteiger partial charge in [-0.25, -0.2) is 0 Å². The highest BCUT2D eigenvalue weighted by Crippen LogP contribution is 2.22. The summed E-state index contributed by atoms with van der Waals surface area (Å²) in [4.78, 5) is 11.0. The molecule has 1 atom stereocenters. The van der Waals surface area contributed by atoms with Gasteiger partial charge in [-0.15, -0.1) is 0 Å². The number of hydrogen-bond acceptors (Lipinski definition) is 2. The van der Waals surface area contributed by atoms with E-state index in [9.17, 15) is 4.79 Å². The molecule has 1 aromatic heterocycles. The lowest BCUT2D eigenvalue weighted by atomic mass is 9.93. The van der Waals surface area contributed by atoms with E-state index in [0.29, 0.717) is 5.69 Å². The molecule has 1 N–H and O–H groups in total. The summed E-state index contributed by atoms with van der Waals surface area (Å²) in [6.45, 7) is 6.53. The van der Waals surface area contributed by atoms with Gasteiger partial charge in [0.1, 0.15) is 5.92 Å². The van der Waals surface area contributed by atoms with Crippen LogP contribution in [0.1, 0.15) is 32.4 Å². The Balaban J connectivity index is 2.93. The highest BCUT2D eigenvalue weighted by molar-refractivity contribution is 5.75. The third kappa shape index (κ3) is 2.13. The minimum Gasteiger partial charge on any atom is -0.481 e. The summed E-state index contributed by atoms with van der Waals surface area (Å²) < 4.78 is 1.74. The van der Waals surface area contributed by atoms with Crippen LogP contribution in [0.2, 0.25) is 0 Å². The number of carboxylic acids is 1. The Bertz CT molecular complexity index is 318. The maximum atomic E-state index is 11.0. The largest absolute Gasteiger partial charge is 0.481 e. The van der Waals surface area contributed by atoms with Crippen LogP contribution in [-0.2, 0) is 11.3 Å². The van der Waals surface area contributed by atoms with Crippen molar-refractivity contribution in [2.75, 3.05) is 0 Å². The maximum Gasteiger partial charge on any atom is 0.312 e. The lowest BCUT2D eigenvalue weighted by Crippen LogP contribution is -2.18. The molecule has 0 spiro atoms. The van der Waals surface area contributed by atoms with Gasteiger partial charge in [-0.1, -0.05) is 13.8 Å². The number of aliphatic carboxylic acids is 1. The van der Waals surface area contributed by atoms with E-state index in [-0.39, 0.29) is 5.92 Å². The van der Waals surface area contributed by atoms with E-state index in [0.717, 1.165) is 6.54 Å². The van der Waals surface area contributed by atoms with Gasteiger partial charge in [-0.05, 0) is 18.9 Å². The smallest absolute Gasteiger partial charge is 0.312 e. The van der Waals surface area contributed by atoms with Crippen LogP contribution in [0.15, 0.2) is 12.3 Å². The summed E-state index contributed by atoms with van der Waals surface area (Å²) in [5.41, 5.74) is 0.648. The highest BCUT2D eigenvalue weighted by Gasteiger charge is 2.25.